The zero-order valence-electron chi connectivity index (χ0n) is 13.5. The molecule has 1 heterocycles. The average molecular weight is 334 g/mol. The molecule has 0 aliphatic carbocycles. The summed E-state index contributed by atoms with van der Waals surface area (Å²) in [6.07, 6.45) is 3.09. The summed E-state index contributed by atoms with van der Waals surface area (Å²) in [5.41, 5.74) is 0.694. The van der Waals surface area contributed by atoms with Crippen molar-refractivity contribution < 1.29 is 28.5 Å². The third kappa shape index (κ3) is 5.38. The Kier molecular flexibility index (Phi) is 6.30. The Morgan fingerprint density at radius 3 is 2.08 bits per heavy atom. The van der Waals surface area contributed by atoms with Crippen molar-refractivity contribution in [3.63, 3.8) is 0 Å². The van der Waals surface area contributed by atoms with Gasteiger partial charge in [0.1, 0.15) is 32.8 Å². The van der Waals surface area contributed by atoms with Gasteiger partial charge in [-0.25, -0.2) is 9.97 Å². The highest BCUT2D eigenvalue weighted by atomic mass is 16.6. The van der Waals surface area contributed by atoms with Gasteiger partial charge in [-0.15, -0.1) is 0 Å². The van der Waals surface area contributed by atoms with E-state index in [1.165, 1.54) is 20.2 Å². The second-order valence-electron chi connectivity index (χ2n) is 4.76. The third-order valence-corrected chi connectivity index (χ3v) is 2.86. The van der Waals surface area contributed by atoms with E-state index < -0.39 is 0 Å². The van der Waals surface area contributed by atoms with E-state index in [2.05, 4.69) is 9.97 Å². The van der Waals surface area contributed by atoms with Gasteiger partial charge in [0.2, 0.25) is 0 Å². The van der Waals surface area contributed by atoms with Gasteiger partial charge in [0.05, 0.1) is 5.52 Å². The molecule has 0 fully saturated rings. The number of aromatic nitrogens is 2. The van der Waals surface area contributed by atoms with Crippen molar-refractivity contribution in [2.24, 2.45) is 0 Å². The predicted molar refractivity (Wildman–Crippen MR) is 83.8 cm³/mol. The molecule has 0 unspecified atom stereocenters. The van der Waals surface area contributed by atoms with Gasteiger partial charge in [-0.3, -0.25) is 9.59 Å². The Balaban J connectivity index is 2.07. The SMILES string of the molecule is CC(=O)OCCOc1cc2cncnc2cc1OCCOC(C)=O. The molecular weight excluding hydrogens is 316 g/mol. The Bertz CT molecular complexity index is 658. The van der Waals surface area contributed by atoms with Crippen LogP contribution in [-0.2, 0) is 19.1 Å². The van der Waals surface area contributed by atoms with Gasteiger partial charge in [0.15, 0.2) is 11.5 Å². The number of benzene rings is 1. The predicted octanol–water partition coefficient (Wildman–Crippen LogP) is 1.51. The molecule has 0 spiro atoms. The summed E-state index contributed by atoms with van der Waals surface area (Å²) in [5.74, 6) is 0.175. The third-order valence-electron chi connectivity index (χ3n) is 2.86. The molecule has 1 aromatic heterocycles. The van der Waals surface area contributed by atoms with Crippen LogP contribution in [0.5, 0.6) is 11.5 Å². The molecule has 0 radical (unpaired) electrons. The highest BCUT2D eigenvalue weighted by Crippen LogP contribution is 2.31. The standard InChI is InChI=1S/C16H18N2O6/c1-11(19)21-3-5-23-15-7-13-9-17-10-18-14(13)8-16(15)24-6-4-22-12(2)20/h7-10H,3-6H2,1-2H3. The van der Waals surface area contributed by atoms with Crippen LogP contribution >= 0.6 is 0 Å². The summed E-state index contributed by atoms with van der Waals surface area (Å²) < 4.78 is 20.9. The van der Waals surface area contributed by atoms with E-state index in [0.717, 1.165) is 5.39 Å². The first kappa shape index (κ1) is 17.5. The molecule has 0 atom stereocenters. The number of hydrogen-bond donors (Lipinski definition) is 0. The lowest BCUT2D eigenvalue weighted by atomic mass is 10.2. The maximum absolute atomic E-state index is 10.8. The number of esters is 2. The molecule has 1 aromatic carbocycles. The molecule has 8 nitrogen and oxygen atoms in total. The van der Waals surface area contributed by atoms with Crippen LogP contribution in [0, 0.1) is 0 Å². The molecule has 2 rings (SSSR count). The van der Waals surface area contributed by atoms with Crippen molar-refractivity contribution in [3.8, 4) is 11.5 Å². The van der Waals surface area contributed by atoms with E-state index in [1.807, 2.05) is 0 Å². The largest absolute Gasteiger partial charge is 0.486 e. The molecule has 0 saturated heterocycles. The van der Waals surface area contributed by atoms with E-state index >= 15 is 0 Å². The lowest BCUT2D eigenvalue weighted by Gasteiger charge is -2.13. The smallest absolute Gasteiger partial charge is 0.302 e. The van der Waals surface area contributed by atoms with Gasteiger partial charge >= 0.3 is 11.9 Å². The summed E-state index contributed by atoms with van der Waals surface area (Å²) in [5, 5.41) is 0.785. The molecule has 0 bridgehead atoms. The monoisotopic (exact) mass is 334 g/mol. The number of carbonyl (C=O) groups excluding carboxylic acids is 2. The second-order valence-corrected chi connectivity index (χ2v) is 4.76. The van der Waals surface area contributed by atoms with Crippen LogP contribution in [0.15, 0.2) is 24.7 Å². The van der Waals surface area contributed by atoms with Crippen LogP contribution in [0.2, 0.25) is 0 Å². The second kappa shape index (κ2) is 8.66. The van der Waals surface area contributed by atoms with E-state index in [0.29, 0.717) is 17.0 Å². The Morgan fingerprint density at radius 1 is 0.917 bits per heavy atom. The van der Waals surface area contributed by atoms with Crippen molar-refractivity contribution in [1.29, 1.82) is 0 Å². The Labute approximate surface area is 138 Å². The van der Waals surface area contributed by atoms with Crippen LogP contribution < -0.4 is 9.47 Å². The van der Waals surface area contributed by atoms with E-state index in [1.54, 1.807) is 18.3 Å². The molecule has 128 valence electrons. The zero-order chi connectivity index (χ0) is 17.4. The molecule has 0 N–H and O–H groups in total. The normalized spacial score (nSPS) is 10.2. The minimum Gasteiger partial charge on any atom is -0.486 e. The summed E-state index contributed by atoms with van der Waals surface area (Å²) >= 11 is 0. The maximum atomic E-state index is 10.8. The molecule has 0 amide bonds. The van der Waals surface area contributed by atoms with Gasteiger partial charge in [-0.2, -0.15) is 0 Å². The maximum Gasteiger partial charge on any atom is 0.302 e. The lowest BCUT2D eigenvalue weighted by molar-refractivity contribution is -0.142. The highest BCUT2D eigenvalue weighted by Gasteiger charge is 2.10. The van der Waals surface area contributed by atoms with Crippen molar-refractivity contribution in [1.82, 2.24) is 9.97 Å². The molecule has 24 heavy (non-hydrogen) atoms. The Hall–Kier alpha value is -2.90. The van der Waals surface area contributed by atoms with E-state index in [4.69, 9.17) is 18.9 Å². The quantitative estimate of drug-likeness (QED) is 0.529. The number of carbonyl (C=O) groups is 2. The molecule has 0 aliphatic rings. The molecule has 8 heteroatoms. The van der Waals surface area contributed by atoms with Gasteiger partial charge in [0.25, 0.3) is 0 Å². The summed E-state index contributed by atoms with van der Waals surface area (Å²) in [6, 6.07) is 3.45. The fraction of sp³-hybridized carbons (Fsp3) is 0.375. The molecule has 0 aliphatic heterocycles. The lowest BCUT2D eigenvalue weighted by Crippen LogP contribution is -2.12. The first-order valence-corrected chi connectivity index (χ1v) is 7.32. The molecule has 0 saturated carbocycles. The van der Waals surface area contributed by atoms with Gasteiger partial charge < -0.3 is 18.9 Å². The topological polar surface area (TPSA) is 96.8 Å². The minimum absolute atomic E-state index is 0.129. The summed E-state index contributed by atoms with van der Waals surface area (Å²) in [7, 11) is 0. The summed E-state index contributed by atoms with van der Waals surface area (Å²) in [6.45, 7) is 3.28. The number of hydrogen-bond acceptors (Lipinski definition) is 8. The summed E-state index contributed by atoms with van der Waals surface area (Å²) in [4.78, 5) is 29.7. The number of nitrogens with zero attached hydrogens (tertiary/aromatic N) is 2. The highest BCUT2D eigenvalue weighted by molar-refractivity contribution is 5.81. The first-order chi connectivity index (χ1) is 11.6. The number of ether oxygens (including phenoxy) is 4. The minimum atomic E-state index is -0.372. The first-order valence-electron chi connectivity index (χ1n) is 7.32. The van der Waals surface area contributed by atoms with Crippen molar-refractivity contribution in [2.75, 3.05) is 26.4 Å². The van der Waals surface area contributed by atoms with Crippen LogP contribution in [0.1, 0.15) is 13.8 Å². The van der Waals surface area contributed by atoms with Crippen LogP contribution in [0.4, 0.5) is 0 Å². The van der Waals surface area contributed by atoms with E-state index in [9.17, 15) is 9.59 Å². The van der Waals surface area contributed by atoms with Crippen LogP contribution in [-0.4, -0.2) is 48.3 Å². The van der Waals surface area contributed by atoms with Crippen molar-refractivity contribution in [3.05, 3.63) is 24.7 Å². The fourth-order valence-corrected chi connectivity index (χ4v) is 1.89. The van der Waals surface area contributed by atoms with E-state index in [-0.39, 0.29) is 38.4 Å². The average Bonchev–Trinajstić information content (AvgIpc) is 2.55. The van der Waals surface area contributed by atoms with Gasteiger partial charge in [0, 0.05) is 31.5 Å². The van der Waals surface area contributed by atoms with Crippen molar-refractivity contribution >= 4 is 22.8 Å². The van der Waals surface area contributed by atoms with Crippen molar-refractivity contribution in [2.45, 2.75) is 13.8 Å². The van der Waals surface area contributed by atoms with Crippen LogP contribution in [0.25, 0.3) is 10.9 Å². The fourth-order valence-electron chi connectivity index (χ4n) is 1.89. The van der Waals surface area contributed by atoms with Gasteiger partial charge in [-0.1, -0.05) is 0 Å². The van der Waals surface area contributed by atoms with Crippen LogP contribution in [0.3, 0.4) is 0 Å². The zero-order valence-corrected chi connectivity index (χ0v) is 13.5. The Morgan fingerprint density at radius 2 is 1.50 bits per heavy atom. The number of fused-ring (bicyclic) bond motifs is 1. The van der Waals surface area contributed by atoms with Gasteiger partial charge in [-0.05, 0) is 6.07 Å². The number of rotatable bonds is 8. The molecule has 2 aromatic rings. The molecular formula is C16H18N2O6.